The summed E-state index contributed by atoms with van der Waals surface area (Å²) in [5.41, 5.74) is 4.05. The Morgan fingerprint density at radius 3 is 2.41 bits per heavy atom. The highest BCUT2D eigenvalue weighted by Crippen LogP contribution is 2.38. The number of hydrogen-bond donors (Lipinski definition) is 1. The monoisotopic (exact) mass is 232 g/mol. The Morgan fingerprint density at radius 2 is 1.88 bits per heavy atom. The van der Waals surface area contributed by atoms with Crippen LogP contribution in [0.4, 0.5) is 0 Å². The van der Waals surface area contributed by atoms with Crippen molar-refractivity contribution in [2.45, 2.75) is 13.8 Å². The van der Waals surface area contributed by atoms with Gasteiger partial charge in [0.2, 0.25) is 0 Å². The third kappa shape index (κ3) is 1.86. The molecule has 17 heavy (non-hydrogen) atoms. The first-order valence-corrected chi connectivity index (χ1v) is 5.41. The average molecular weight is 232 g/mol. The van der Waals surface area contributed by atoms with Gasteiger partial charge in [0, 0.05) is 11.8 Å². The fourth-order valence-corrected chi connectivity index (χ4v) is 1.94. The number of nitrogens with one attached hydrogen (secondary N) is 1. The van der Waals surface area contributed by atoms with Gasteiger partial charge < -0.3 is 9.47 Å². The van der Waals surface area contributed by atoms with Crippen LogP contribution in [0, 0.1) is 13.8 Å². The molecule has 1 N–H and O–H groups in total. The lowest BCUT2D eigenvalue weighted by molar-refractivity contribution is 0.399. The van der Waals surface area contributed by atoms with E-state index in [2.05, 4.69) is 10.2 Å². The molecule has 4 nitrogen and oxygen atoms in total. The second-order valence-electron chi connectivity index (χ2n) is 3.88. The average Bonchev–Trinajstić information content (AvgIpc) is 2.86. The van der Waals surface area contributed by atoms with Crippen LogP contribution in [0.3, 0.4) is 0 Å². The standard InChI is InChI=1S/C13H16N2O2/c1-8-9(2)13(17-4)10(7-12(8)16-3)11-5-6-14-15-11/h5-7H,1-4H3,(H,14,15). The molecule has 0 saturated heterocycles. The lowest BCUT2D eigenvalue weighted by Gasteiger charge is -2.15. The van der Waals surface area contributed by atoms with E-state index >= 15 is 0 Å². The fourth-order valence-electron chi connectivity index (χ4n) is 1.94. The van der Waals surface area contributed by atoms with Crippen molar-refractivity contribution in [3.63, 3.8) is 0 Å². The normalized spacial score (nSPS) is 10.4. The van der Waals surface area contributed by atoms with Gasteiger partial charge in [-0.15, -0.1) is 0 Å². The van der Waals surface area contributed by atoms with Crippen LogP contribution in [-0.4, -0.2) is 24.4 Å². The van der Waals surface area contributed by atoms with Gasteiger partial charge >= 0.3 is 0 Å². The van der Waals surface area contributed by atoms with Gasteiger partial charge in [0.25, 0.3) is 0 Å². The van der Waals surface area contributed by atoms with Crippen LogP contribution in [0.25, 0.3) is 11.3 Å². The summed E-state index contributed by atoms with van der Waals surface area (Å²) in [4.78, 5) is 0. The number of hydrogen-bond acceptors (Lipinski definition) is 3. The lowest BCUT2D eigenvalue weighted by atomic mass is 10.0. The van der Waals surface area contributed by atoms with Crippen molar-refractivity contribution in [3.05, 3.63) is 29.5 Å². The zero-order valence-corrected chi connectivity index (χ0v) is 10.5. The first kappa shape index (κ1) is 11.5. The molecule has 0 radical (unpaired) electrons. The van der Waals surface area contributed by atoms with E-state index in [0.717, 1.165) is 33.9 Å². The molecule has 4 heteroatoms. The molecule has 0 fully saturated rings. The molecule has 1 heterocycles. The summed E-state index contributed by atoms with van der Waals surface area (Å²) in [6.45, 7) is 4.05. The van der Waals surface area contributed by atoms with Gasteiger partial charge in [0.05, 0.1) is 19.9 Å². The van der Waals surface area contributed by atoms with Gasteiger partial charge in [-0.2, -0.15) is 5.10 Å². The van der Waals surface area contributed by atoms with Crippen LogP contribution in [0.2, 0.25) is 0 Å². The van der Waals surface area contributed by atoms with Gasteiger partial charge in [-0.25, -0.2) is 0 Å². The van der Waals surface area contributed by atoms with Crippen LogP contribution in [0.5, 0.6) is 11.5 Å². The van der Waals surface area contributed by atoms with Crippen molar-refractivity contribution in [1.29, 1.82) is 0 Å². The third-order valence-electron chi connectivity index (χ3n) is 3.01. The van der Waals surface area contributed by atoms with Crippen molar-refractivity contribution >= 4 is 0 Å². The highest BCUT2D eigenvalue weighted by atomic mass is 16.5. The van der Waals surface area contributed by atoms with E-state index in [1.165, 1.54) is 0 Å². The zero-order valence-electron chi connectivity index (χ0n) is 10.5. The molecule has 0 saturated carbocycles. The van der Waals surface area contributed by atoms with Crippen molar-refractivity contribution in [3.8, 4) is 22.8 Å². The first-order chi connectivity index (χ1) is 8.19. The summed E-state index contributed by atoms with van der Waals surface area (Å²) in [6.07, 6.45) is 1.72. The largest absolute Gasteiger partial charge is 0.496 e. The molecule has 90 valence electrons. The van der Waals surface area contributed by atoms with Crippen molar-refractivity contribution in [2.24, 2.45) is 0 Å². The predicted octanol–water partition coefficient (Wildman–Crippen LogP) is 2.71. The summed E-state index contributed by atoms with van der Waals surface area (Å²) in [5.74, 6) is 1.71. The van der Waals surface area contributed by atoms with Crippen LogP contribution in [0.15, 0.2) is 18.3 Å². The van der Waals surface area contributed by atoms with E-state index in [4.69, 9.17) is 9.47 Å². The summed E-state index contributed by atoms with van der Waals surface area (Å²) in [5, 5.41) is 6.90. The minimum atomic E-state index is 0.854. The summed E-state index contributed by atoms with van der Waals surface area (Å²) < 4.78 is 10.9. The van der Waals surface area contributed by atoms with Crippen LogP contribution in [-0.2, 0) is 0 Å². The van der Waals surface area contributed by atoms with Gasteiger partial charge in [-0.3, -0.25) is 5.10 Å². The SMILES string of the molecule is COc1cc(-c2ccn[nH]2)c(OC)c(C)c1C. The molecule has 0 amide bonds. The van der Waals surface area contributed by atoms with Gasteiger partial charge in [-0.05, 0) is 37.1 Å². The number of rotatable bonds is 3. The second-order valence-corrected chi connectivity index (χ2v) is 3.88. The Bertz CT molecular complexity index is 519. The van der Waals surface area contributed by atoms with E-state index < -0.39 is 0 Å². The molecule has 0 spiro atoms. The minimum absolute atomic E-state index is 0.854. The molecule has 0 unspecified atom stereocenters. The maximum absolute atomic E-state index is 5.48. The molecule has 0 aliphatic rings. The number of methoxy groups -OCH3 is 2. The molecule has 0 bridgehead atoms. The quantitative estimate of drug-likeness (QED) is 0.885. The van der Waals surface area contributed by atoms with Crippen LogP contribution < -0.4 is 9.47 Å². The molecule has 0 atom stereocenters. The summed E-state index contributed by atoms with van der Waals surface area (Å²) in [7, 11) is 3.35. The zero-order chi connectivity index (χ0) is 12.4. The highest BCUT2D eigenvalue weighted by Gasteiger charge is 2.15. The van der Waals surface area contributed by atoms with Crippen molar-refractivity contribution < 1.29 is 9.47 Å². The number of benzene rings is 1. The highest BCUT2D eigenvalue weighted by molar-refractivity contribution is 5.72. The molecular formula is C13H16N2O2. The fraction of sp³-hybridized carbons (Fsp3) is 0.308. The van der Waals surface area contributed by atoms with Crippen LogP contribution >= 0.6 is 0 Å². The van der Waals surface area contributed by atoms with Gasteiger partial charge in [0.15, 0.2) is 0 Å². The van der Waals surface area contributed by atoms with Crippen molar-refractivity contribution in [2.75, 3.05) is 14.2 Å². The number of aromatic nitrogens is 2. The Kier molecular flexibility index (Phi) is 3.04. The molecule has 0 aliphatic heterocycles. The van der Waals surface area contributed by atoms with Crippen molar-refractivity contribution in [1.82, 2.24) is 10.2 Å². The Labute approximate surface area is 101 Å². The minimum Gasteiger partial charge on any atom is -0.496 e. The third-order valence-corrected chi connectivity index (χ3v) is 3.01. The van der Waals surface area contributed by atoms with Gasteiger partial charge in [-0.1, -0.05) is 0 Å². The summed E-state index contributed by atoms with van der Waals surface area (Å²) in [6, 6.07) is 3.88. The smallest absolute Gasteiger partial charge is 0.131 e. The first-order valence-electron chi connectivity index (χ1n) is 5.41. The van der Waals surface area contributed by atoms with Crippen LogP contribution in [0.1, 0.15) is 11.1 Å². The van der Waals surface area contributed by atoms with E-state index in [1.54, 1.807) is 20.4 Å². The van der Waals surface area contributed by atoms with E-state index in [1.807, 2.05) is 26.0 Å². The van der Waals surface area contributed by atoms with E-state index in [0.29, 0.717) is 0 Å². The number of aromatic amines is 1. The van der Waals surface area contributed by atoms with E-state index in [-0.39, 0.29) is 0 Å². The maximum atomic E-state index is 5.48. The topological polar surface area (TPSA) is 47.1 Å². The molecule has 0 aliphatic carbocycles. The lowest BCUT2D eigenvalue weighted by Crippen LogP contribution is -1.97. The number of nitrogens with zero attached hydrogens (tertiary/aromatic N) is 1. The summed E-state index contributed by atoms with van der Waals surface area (Å²) >= 11 is 0. The molecule has 1 aromatic carbocycles. The predicted molar refractivity (Wildman–Crippen MR) is 66.6 cm³/mol. The molecular weight excluding hydrogens is 216 g/mol. The Hall–Kier alpha value is -1.97. The Balaban J connectivity index is 2.69. The number of H-pyrrole nitrogens is 1. The number of ether oxygens (including phenoxy) is 2. The molecule has 1 aromatic heterocycles. The second kappa shape index (κ2) is 4.49. The van der Waals surface area contributed by atoms with E-state index in [9.17, 15) is 0 Å². The van der Waals surface area contributed by atoms with Gasteiger partial charge in [0.1, 0.15) is 11.5 Å². The molecule has 2 aromatic rings. The molecule has 2 rings (SSSR count). The maximum Gasteiger partial charge on any atom is 0.131 e. The Morgan fingerprint density at radius 1 is 1.12 bits per heavy atom.